The van der Waals surface area contributed by atoms with Crippen LogP contribution in [-0.2, 0) is 0 Å². The Morgan fingerprint density at radius 2 is 1.94 bits per heavy atom. The van der Waals surface area contributed by atoms with E-state index in [2.05, 4.69) is 15.3 Å². The van der Waals surface area contributed by atoms with Crippen LogP contribution in [-0.4, -0.2) is 32.1 Å². The topological polar surface area (TPSA) is 125 Å². The van der Waals surface area contributed by atoms with Crippen molar-refractivity contribution in [3.8, 4) is 22.9 Å². The maximum absolute atomic E-state index is 12.5. The van der Waals surface area contributed by atoms with Gasteiger partial charge in [-0.15, -0.1) is 11.3 Å². The van der Waals surface area contributed by atoms with Crippen LogP contribution < -0.4 is 10.1 Å². The van der Waals surface area contributed by atoms with Gasteiger partial charge >= 0.3 is 5.97 Å². The molecule has 0 fully saturated rings. The fraction of sp³-hybridized carbons (Fsp3) is 0.125. The number of carboxylic acid groups (broad SMARTS) is 1. The van der Waals surface area contributed by atoms with E-state index < -0.39 is 12.1 Å². The Morgan fingerprint density at radius 3 is 2.61 bits per heavy atom. The molecule has 4 rings (SSSR count). The standard InChI is InChI=1S/C24H21N3O5S/c1-13-7-9-33-22(13)23(29)26-15-4-3-5-16(10-15)32-17-6-8-25-19(11-17)20-12-18(24(30)31)21(27-20)14(2)28/h3-12,14,27-28H,1-2H3,(H,26,29)(H,30,31). The number of carbonyl (C=O) groups excluding carboxylic acids is 1. The number of aromatic nitrogens is 2. The number of pyridine rings is 1. The number of aromatic amines is 1. The smallest absolute Gasteiger partial charge is 0.337 e. The van der Waals surface area contributed by atoms with Gasteiger partial charge in [0.1, 0.15) is 11.5 Å². The minimum absolute atomic E-state index is 0.0162. The first kappa shape index (κ1) is 22.3. The lowest BCUT2D eigenvalue weighted by Crippen LogP contribution is -2.11. The van der Waals surface area contributed by atoms with Gasteiger partial charge in [0.05, 0.1) is 33.6 Å². The number of amides is 1. The van der Waals surface area contributed by atoms with E-state index in [-0.39, 0.29) is 17.2 Å². The summed E-state index contributed by atoms with van der Waals surface area (Å²) in [6.07, 6.45) is 0.569. The number of nitrogens with zero attached hydrogens (tertiary/aromatic N) is 1. The van der Waals surface area contributed by atoms with Crippen molar-refractivity contribution >= 4 is 28.9 Å². The molecule has 0 aliphatic rings. The van der Waals surface area contributed by atoms with Crippen LogP contribution in [0.5, 0.6) is 11.5 Å². The number of aliphatic hydroxyl groups is 1. The van der Waals surface area contributed by atoms with Crippen LogP contribution in [0.25, 0.3) is 11.4 Å². The van der Waals surface area contributed by atoms with Crippen molar-refractivity contribution in [2.45, 2.75) is 20.0 Å². The molecule has 8 nitrogen and oxygen atoms in total. The summed E-state index contributed by atoms with van der Waals surface area (Å²) in [5.74, 6) is -0.337. The van der Waals surface area contributed by atoms with E-state index in [1.54, 1.807) is 42.6 Å². The molecular formula is C24H21N3O5S. The van der Waals surface area contributed by atoms with Crippen molar-refractivity contribution < 1.29 is 24.5 Å². The molecule has 1 aromatic carbocycles. The number of anilines is 1. The highest BCUT2D eigenvalue weighted by Gasteiger charge is 2.19. The van der Waals surface area contributed by atoms with E-state index in [1.807, 2.05) is 18.4 Å². The Balaban J connectivity index is 1.54. The molecule has 0 aliphatic carbocycles. The highest BCUT2D eigenvalue weighted by Crippen LogP contribution is 2.29. The van der Waals surface area contributed by atoms with Crippen LogP contribution in [0.4, 0.5) is 5.69 Å². The number of aliphatic hydroxyl groups excluding tert-OH is 1. The predicted molar refractivity (Wildman–Crippen MR) is 125 cm³/mol. The molecule has 0 radical (unpaired) electrons. The molecule has 4 N–H and O–H groups in total. The van der Waals surface area contributed by atoms with Crippen molar-refractivity contribution in [1.29, 1.82) is 0 Å². The van der Waals surface area contributed by atoms with Gasteiger partial charge in [0.15, 0.2) is 0 Å². The average Bonchev–Trinajstić information content (AvgIpc) is 3.41. The Labute approximate surface area is 193 Å². The molecule has 0 bridgehead atoms. The van der Waals surface area contributed by atoms with Gasteiger partial charge in [-0.05, 0) is 55.1 Å². The van der Waals surface area contributed by atoms with Crippen molar-refractivity contribution in [2.24, 2.45) is 0 Å². The number of nitrogens with one attached hydrogen (secondary N) is 2. The summed E-state index contributed by atoms with van der Waals surface area (Å²) in [7, 11) is 0. The van der Waals surface area contributed by atoms with Crippen molar-refractivity contribution in [3.05, 3.63) is 81.8 Å². The fourth-order valence-corrected chi connectivity index (χ4v) is 4.12. The van der Waals surface area contributed by atoms with E-state index in [0.29, 0.717) is 33.5 Å². The summed E-state index contributed by atoms with van der Waals surface area (Å²) in [5, 5.41) is 24.0. The summed E-state index contributed by atoms with van der Waals surface area (Å²) >= 11 is 1.38. The monoisotopic (exact) mass is 463 g/mol. The van der Waals surface area contributed by atoms with Crippen LogP contribution in [0.2, 0.25) is 0 Å². The molecule has 33 heavy (non-hydrogen) atoms. The number of rotatable bonds is 7. The van der Waals surface area contributed by atoms with Crippen LogP contribution >= 0.6 is 11.3 Å². The molecule has 168 valence electrons. The van der Waals surface area contributed by atoms with Gasteiger partial charge in [0.25, 0.3) is 5.91 Å². The van der Waals surface area contributed by atoms with Gasteiger partial charge < -0.3 is 25.3 Å². The third kappa shape index (κ3) is 4.94. The van der Waals surface area contributed by atoms with Crippen molar-refractivity contribution in [3.63, 3.8) is 0 Å². The number of H-pyrrole nitrogens is 1. The normalized spacial score (nSPS) is 11.7. The number of hydrogen-bond acceptors (Lipinski definition) is 6. The molecule has 1 unspecified atom stereocenters. The van der Waals surface area contributed by atoms with Gasteiger partial charge in [-0.2, -0.15) is 0 Å². The molecule has 0 spiro atoms. The third-order valence-electron chi connectivity index (χ3n) is 4.90. The number of carboxylic acids is 1. The number of aryl methyl sites for hydroxylation is 1. The summed E-state index contributed by atoms with van der Waals surface area (Å²) < 4.78 is 5.94. The third-order valence-corrected chi connectivity index (χ3v) is 5.91. The molecule has 0 saturated carbocycles. The van der Waals surface area contributed by atoms with E-state index in [0.717, 1.165) is 5.56 Å². The number of carbonyl (C=O) groups is 2. The zero-order valence-corrected chi connectivity index (χ0v) is 18.6. The number of hydrogen-bond donors (Lipinski definition) is 4. The van der Waals surface area contributed by atoms with Crippen LogP contribution in [0, 0.1) is 6.92 Å². The zero-order chi connectivity index (χ0) is 23.5. The fourth-order valence-electron chi connectivity index (χ4n) is 3.30. The van der Waals surface area contributed by atoms with Crippen LogP contribution in [0.1, 0.15) is 44.3 Å². The lowest BCUT2D eigenvalue weighted by atomic mass is 10.1. The first-order valence-electron chi connectivity index (χ1n) is 10.1. The van der Waals surface area contributed by atoms with Gasteiger partial charge in [-0.3, -0.25) is 9.78 Å². The van der Waals surface area contributed by atoms with E-state index in [4.69, 9.17) is 4.74 Å². The predicted octanol–water partition coefficient (Wildman–Crippen LogP) is 5.24. The molecule has 0 saturated heterocycles. The average molecular weight is 464 g/mol. The minimum atomic E-state index is -1.14. The molecule has 3 heterocycles. The Bertz CT molecular complexity index is 1330. The quantitative estimate of drug-likeness (QED) is 0.297. The highest BCUT2D eigenvalue weighted by molar-refractivity contribution is 7.12. The second-order valence-corrected chi connectivity index (χ2v) is 8.30. The minimum Gasteiger partial charge on any atom is -0.478 e. The van der Waals surface area contributed by atoms with Crippen LogP contribution in [0.15, 0.2) is 60.1 Å². The molecule has 3 aromatic heterocycles. The maximum Gasteiger partial charge on any atom is 0.337 e. The molecule has 4 aromatic rings. The molecule has 0 aliphatic heterocycles. The van der Waals surface area contributed by atoms with Crippen LogP contribution in [0.3, 0.4) is 0 Å². The lowest BCUT2D eigenvalue weighted by molar-refractivity contribution is 0.0690. The summed E-state index contributed by atoms with van der Waals surface area (Å²) in [6.45, 7) is 3.38. The second kappa shape index (κ2) is 9.27. The largest absolute Gasteiger partial charge is 0.478 e. The summed E-state index contributed by atoms with van der Waals surface area (Å²) in [5.41, 5.74) is 2.60. The van der Waals surface area contributed by atoms with Crippen molar-refractivity contribution in [1.82, 2.24) is 9.97 Å². The second-order valence-electron chi connectivity index (χ2n) is 7.39. The Morgan fingerprint density at radius 1 is 1.15 bits per heavy atom. The van der Waals surface area contributed by atoms with E-state index in [9.17, 15) is 19.8 Å². The number of aromatic carboxylic acids is 1. The summed E-state index contributed by atoms with van der Waals surface area (Å²) in [4.78, 5) is 31.8. The highest BCUT2D eigenvalue weighted by atomic mass is 32.1. The molecule has 1 amide bonds. The first-order chi connectivity index (χ1) is 15.8. The lowest BCUT2D eigenvalue weighted by Gasteiger charge is -2.09. The van der Waals surface area contributed by atoms with Crippen molar-refractivity contribution in [2.75, 3.05) is 5.32 Å². The van der Waals surface area contributed by atoms with Gasteiger partial charge in [0, 0.05) is 24.0 Å². The van der Waals surface area contributed by atoms with Gasteiger partial charge in [0.2, 0.25) is 0 Å². The number of thiophene rings is 1. The van der Waals surface area contributed by atoms with E-state index in [1.165, 1.54) is 24.3 Å². The molecular weight excluding hydrogens is 442 g/mol. The first-order valence-corrected chi connectivity index (χ1v) is 10.9. The Kier molecular flexibility index (Phi) is 6.25. The van der Waals surface area contributed by atoms with E-state index >= 15 is 0 Å². The number of benzene rings is 1. The van der Waals surface area contributed by atoms with Gasteiger partial charge in [-0.25, -0.2) is 4.79 Å². The Hall–Kier alpha value is -3.95. The zero-order valence-electron chi connectivity index (χ0n) is 17.8. The summed E-state index contributed by atoms with van der Waals surface area (Å²) in [6, 6.07) is 13.7. The molecule has 9 heteroatoms. The maximum atomic E-state index is 12.5. The molecule has 1 atom stereocenters. The SMILES string of the molecule is Cc1ccsc1C(=O)Nc1cccc(Oc2ccnc(-c3cc(C(=O)O)c(C(C)O)[nH]3)c2)c1. The number of ether oxygens (including phenoxy) is 1. The van der Waals surface area contributed by atoms with Gasteiger partial charge in [-0.1, -0.05) is 6.07 Å².